The van der Waals surface area contributed by atoms with E-state index in [0.717, 1.165) is 79.7 Å². The smallest absolute Gasteiger partial charge is 0.170 e. The van der Waals surface area contributed by atoms with E-state index in [2.05, 4.69) is 82.6 Å². The van der Waals surface area contributed by atoms with Crippen LogP contribution in [0.4, 0.5) is 11.5 Å². The predicted molar refractivity (Wildman–Crippen MR) is 165 cm³/mol. The van der Waals surface area contributed by atoms with Crippen molar-refractivity contribution in [2.45, 2.75) is 20.3 Å². The van der Waals surface area contributed by atoms with Crippen LogP contribution in [0.2, 0.25) is 0 Å². The summed E-state index contributed by atoms with van der Waals surface area (Å²) in [7, 11) is 2.12. The molecule has 40 heavy (non-hydrogen) atoms. The molecule has 1 fully saturated rings. The monoisotopic (exact) mass is 531 g/mol. The molecule has 1 aliphatic rings. The first-order valence-corrected chi connectivity index (χ1v) is 14.2. The number of benzene rings is 3. The van der Waals surface area contributed by atoms with Gasteiger partial charge in [-0.3, -0.25) is 9.47 Å². The van der Waals surface area contributed by atoms with Gasteiger partial charge in [0.1, 0.15) is 12.2 Å². The molecule has 3 aromatic carbocycles. The summed E-state index contributed by atoms with van der Waals surface area (Å²) in [6.45, 7) is 10.8. The number of hydrogen-bond donors (Lipinski definition) is 0. The quantitative estimate of drug-likeness (QED) is 0.254. The highest BCUT2D eigenvalue weighted by molar-refractivity contribution is 5.88. The highest BCUT2D eigenvalue weighted by Crippen LogP contribution is 2.31. The maximum atomic E-state index is 5.11. The maximum Gasteiger partial charge on any atom is 0.170 e. The molecule has 0 N–H and O–H groups in total. The summed E-state index contributed by atoms with van der Waals surface area (Å²) < 4.78 is 2.14. The summed E-state index contributed by atoms with van der Waals surface area (Å²) in [5.74, 6) is 1.75. The molecule has 5 aromatic rings. The molecule has 6 rings (SSSR count). The van der Waals surface area contributed by atoms with Gasteiger partial charge in [-0.15, -0.1) is 0 Å². The lowest BCUT2D eigenvalue weighted by Crippen LogP contribution is -2.47. The molecule has 2 aromatic heterocycles. The maximum absolute atomic E-state index is 5.11. The number of para-hydroxylation sites is 1. The van der Waals surface area contributed by atoms with Gasteiger partial charge in [-0.1, -0.05) is 60.7 Å². The van der Waals surface area contributed by atoms with E-state index in [9.17, 15) is 0 Å². The molecule has 0 unspecified atom stereocenters. The molecule has 0 aliphatic carbocycles. The number of hydrogen-bond acceptors (Lipinski definition) is 6. The number of aromatic nitrogens is 4. The summed E-state index contributed by atoms with van der Waals surface area (Å²) >= 11 is 0. The minimum absolute atomic E-state index is 0.824. The fourth-order valence-corrected chi connectivity index (χ4v) is 5.69. The Morgan fingerprint density at radius 1 is 0.800 bits per heavy atom. The lowest BCUT2D eigenvalue weighted by Gasteiger charge is -2.37. The average molecular weight is 532 g/mol. The van der Waals surface area contributed by atoms with Crippen molar-refractivity contribution in [3.63, 3.8) is 0 Å². The van der Waals surface area contributed by atoms with E-state index >= 15 is 0 Å². The van der Waals surface area contributed by atoms with Gasteiger partial charge in [0.25, 0.3) is 0 Å². The summed E-state index contributed by atoms with van der Waals surface area (Å²) in [5, 5.41) is 0. The fraction of sp³-hybridized carbons (Fsp3) is 0.303. The number of imidazole rings is 1. The molecule has 1 aliphatic heterocycles. The first-order valence-electron chi connectivity index (χ1n) is 14.2. The Morgan fingerprint density at radius 2 is 1.52 bits per heavy atom. The van der Waals surface area contributed by atoms with Gasteiger partial charge < -0.3 is 9.80 Å². The SMILES string of the molecule is Cc1cccc(N2CCN(CCCN(C)c3ncnc4c3nc(-c3ccccc3)n4-c3ccccc3)CC2)c1C. The molecular formula is C33H37N7. The molecule has 1 saturated heterocycles. The van der Waals surface area contributed by atoms with Crippen molar-refractivity contribution >= 4 is 22.7 Å². The van der Waals surface area contributed by atoms with Crippen LogP contribution < -0.4 is 9.80 Å². The van der Waals surface area contributed by atoms with E-state index in [4.69, 9.17) is 15.0 Å². The molecule has 7 nitrogen and oxygen atoms in total. The van der Waals surface area contributed by atoms with Crippen molar-refractivity contribution < 1.29 is 0 Å². The van der Waals surface area contributed by atoms with Crippen LogP contribution in [0.5, 0.6) is 0 Å². The molecule has 0 atom stereocenters. The zero-order valence-electron chi connectivity index (χ0n) is 23.7. The van der Waals surface area contributed by atoms with Crippen molar-refractivity contribution in [3.05, 3.63) is 96.3 Å². The second-order valence-corrected chi connectivity index (χ2v) is 10.7. The number of anilines is 2. The third-order valence-corrected chi connectivity index (χ3v) is 8.09. The number of fused-ring (bicyclic) bond motifs is 1. The average Bonchev–Trinajstić information content (AvgIpc) is 3.40. The Labute approximate surface area is 236 Å². The Bertz CT molecular complexity index is 1570. The molecule has 204 valence electrons. The highest BCUT2D eigenvalue weighted by Gasteiger charge is 2.21. The minimum atomic E-state index is 0.824. The van der Waals surface area contributed by atoms with E-state index in [1.807, 2.05) is 36.4 Å². The van der Waals surface area contributed by atoms with Crippen LogP contribution in [0.15, 0.2) is 85.2 Å². The second-order valence-electron chi connectivity index (χ2n) is 10.7. The number of nitrogens with zero attached hydrogens (tertiary/aromatic N) is 7. The standard InChI is InChI=1S/C33H37N7/c1-25-12-10-17-29(26(25)2)39-22-20-38(21-23-39)19-11-18-37(3)32-30-33(35-24-34-32)40(28-15-8-5-9-16-28)31(36-30)27-13-6-4-7-14-27/h4-10,12-17,24H,11,18-23H2,1-3H3. The van der Waals surface area contributed by atoms with Crippen molar-refractivity contribution in [3.8, 4) is 17.1 Å². The van der Waals surface area contributed by atoms with Crippen LogP contribution >= 0.6 is 0 Å². The third kappa shape index (κ3) is 5.17. The van der Waals surface area contributed by atoms with Gasteiger partial charge in [0, 0.05) is 56.7 Å². The summed E-state index contributed by atoms with van der Waals surface area (Å²) in [6.07, 6.45) is 2.73. The van der Waals surface area contributed by atoms with Crippen LogP contribution in [-0.4, -0.2) is 70.7 Å². The van der Waals surface area contributed by atoms with Crippen LogP contribution in [-0.2, 0) is 0 Å². The number of aryl methyl sites for hydroxylation is 1. The Kier molecular flexibility index (Phi) is 7.47. The molecule has 0 saturated carbocycles. The Morgan fingerprint density at radius 3 is 2.27 bits per heavy atom. The van der Waals surface area contributed by atoms with Crippen LogP contribution in [0.3, 0.4) is 0 Å². The van der Waals surface area contributed by atoms with Crippen LogP contribution in [0.25, 0.3) is 28.2 Å². The molecular weight excluding hydrogens is 494 g/mol. The minimum Gasteiger partial charge on any atom is -0.369 e. The number of rotatable bonds is 8. The van der Waals surface area contributed by atoms with Gasteiger partial charge in [-0.05, 0) is 56.1 Å². The molecule has 0 amide bonds. The highest BCUT2D eigenvalue weighted by atomic mass is 15.3. The fourth-order valence-electron chi connectivity index (χ4n) is 5.69. The van der Waals surface area contributed by atoms with Gasteiger partial charge in [-0.2, -0.15) is 0 Å². The number of piperazine rings is 1. The van der Waals surface area contributed by atoms with Crippen molar-refractivity contribution in [2.75, 3.05) is 56.1 Å². The predicted octanol–water partition coefficient (Wildman–Crippen LogP) is 5.75. The molecule has 7 heteroatoms. The Hall–Kier alpha value is -4.23. The van der Waals surface area contributed by atoms with Crippen molar-refractivity contribution in [1.29, 1.82) is 0 Å². The zero-order valence-corrected chi connectivity index (χ0v) is 23.7. The van der Waals surface area contributed by atoms with Crippen LogP contribution in [0.1, 0.15) is 17.5 Å². The van der Waals surface area contributed by atoms with Gasteiger partial charge in [0.05, 0.1) is 0 Å². The van der Waals surface area contributed by atoms with Crippen molar-refractivity contribution in [1.82, 2.24) is 24.4 Å². The largest absolute Gasteiger partial charge is 0.369 e. The van der Waals surface area contributed by atoms with Gasteiger partial charge in [-0.25, -0.2) is 15.0 Å². The molecule has 3 heterocycles. The lowest BCUT2D eigenvalue weighted by molar-refractivity contribution is 0.256. The molecule has 0 spiro atoms. The van der Waals surface area contributed by atoms with Gasteiger partial charge >= 0.3 is 0 Å². The van der Waals surface area contributed by atoms with E-state index < -0.39 is 0 Å². The normalized spacial score (nSPS) is 14.1. The van der Waals surface area contributed by atoms with Crippen LogP contribution in [0, 0.1) is 13.8 Å². The van der Waals surface area contributed by atoms with Gasteiger partial charge in [0.15, 0.2) is 17.0 Å². The first-order chi connectivity index (χ1) is 19.6. The topological polar surface area (TPSA) is 53.3 Å². The summed E-state index contributed by atoms with van der Waals surface area (Å²) in [5.41, 5.74) is 7.90. The lowest BCUT2D eigenvalue weighted by atomic mass is 10.1. The second kappa shape index (κ2) is 11.5. The van der Waals surface area contributed by atoms with Crippen molar-refractivity contribution in [2.24, 2.45) is 0 Å². The first kappa shape index (κ1) is 26.0. The Balaban J connectivity index is 1.16. The molecule has 0 radical (unpaired) electrons. The van der Waals surface area contributed by atoms with E-state index in [1.54, 1.807) is 6.33 Å². The zero-order chi connectivity index (χ0) is 27.5. The molecule has 0 bridgehead atoms. The van der Waals surface area contributed by atoms with E-state index in [-0.39, 0.29) is 0 Å². The third-order valence-electron chi connectivity index (χ3n) is 8.09. The summed E-state index contributed by atoms with van der Waals surface area (Å²) in [4.78, 5) is 21.8. The van der Waals surface area contributed by atoms with E-state index in [1.165, 1.54) is 16.8 Å². The van der Waals surface area contributed by atoms with E-state index in [0.29, 0.717) is 0 Å². The van der Waals surface area contributed by atoms with Gasteiger partial charge in [0.2, 0.25) is 0 Å². The summed E-state index contributed by atoms with van der Waals surface area (Å²) in [6, 6.07) is 27.3.